The van der Waals surface area contributed by atoms with Crippen LogP contribution in [0.1, 0.15) is 36.0 Å². The number of hydrogen-bond donors (Lipinski definition) is 3. The van der Waals surface area contributed by atoms with E-state index in [2.05, 4.69) is 16.0 Å². The molecule has 23 heavy (non-hydrogen) atoms. The average Bonchev–Trinajstić information content (AvgIpc) is 2.60. The van der Waals surface area contributed by atoms with Gasteiger partial charge in [-0.15, -0.1) is 0 Å². The summed E-state index contributed by atoms with van der Waals surface area (Å²) in [5.74, 6) is 0.919. The summed E-state index contributed by atoms with van der Waals surface area (Å²) in [7, 11) is 3.11. The van der Waals surface area contributed by atoms with Gasteiger partial charge in [0.15, 0.2) is 0 Å². The van der Waals surface area contributed by atoms with Crippen molar-refractivity contribution >= 4 is 17.5 Å². The van der Waals surface area contributed by atoms with Gasteiger partial charge >= 0.3 is 0 Å². The Labute approximate surface area is 137 Å². The smallest absolute Gasteiger partial charge is 0.251 e. The first kappa shape index (κ1) is 17.3. The Bertz CT molecular complexity index is 554. The zero-order valence-corrected chi connectivity index (χ0v) is 13.8. The second-order valence-corrected chi connectivity index (χ2v) is 5.77. The number of rotatable bonds is 6. The number of anilines is 1. The molecule has 0 aliphatic carbocycles. The van der Waals surface area contributed by atoms with Gasteiger partial charge in [-0.1, -0.05) is 0 Å². The van der Waals surface area contributed by atoms with E-state index < -0.39 is 0 Å². The number of methoxy groups -OCH3 is 1. The topological polar surface area (TPSA) is 79.5 Å². The van der Waals surface area contributed by atoms with E-state index in [1.807, 2.05) is 0 Å². The Morgan fingerprint density at radius 3 is 2.70 bits per heavy atom. The summed E-state index contributed by atoms with van der Waals surface area (Å²) >= 11 is 0. The first-order chi connectivity index (χ1) is 11.1. The van der Waals surface area contributed by atoms with Crippen molar-refractivity contribution in [3.63, 3.8) is 0 Å². The third-order valence-corrected chi connectivity index (χ3v) is 4.20. The highest BCUT2D eigenvalue weighted by atomic mass is 16.5. The second kappa shape index (κ2) is 8.53. The van der Waals surface area contributed by atoms with Gasteiger partial charge in [0.05, 0.1) is 12.8 Å². The minimum atomic E-state index is -0.196. The highest BCUT2D eigenvalue weighted by Gasteiger charge is 2.16. The van der Waals surface area contributed by atoms with E-state index in [-0.39, 0.29) is 11.8 Å². The Morgan fingerprint density at radius 2 is 2.04 bits per heavy atom. The maximum absolute atomic E-state index is 12.2. The van der Waals surface area contributed by atoms with E-state index in [0.717, 1.165) is 32.4 Å². The van der Waals surface area contributed by atoms with Crippen molar-refractivity contribution in [3.8, 4) is 5.75 Å². The lowest BCUT2D eigenvalue weighted by atomic mass is 9.93. The Balaban J connectivity index is 1.96. The number of benzene rings is 1. The number of carbonyl (C=O) groups excluding carboxylic acids is 2. The third kappa shape index (κ3) is 4.96. The molecule has 0 atom stereocenters. The summed E-state index contributed by atoms with van der Waals surface area (Å²) in [5.41, 5.74) is 1.02. The van der Waals surface area contributed by atoms with E-state index in [4.69, 9.17) is 4.74 Å². The van der Waals surface area contributed by atoms with Gasteiger partial charge in [-0.3, -0.25) is 9.59 Å². The third-order valence-electron chi connectivity index (χ3n) is 4.20. The fourth-order valence-corrected chi connectivity index (χ4v) is 2.81. The van der Waals surface area contributed by atoms with Crippen molar-refractivity contribution in [2.75, 3.05) is 32.6 Å². The van der Waals surface area contributed by atoms with Crippen LogP contribution in [0, 0.1) is 5.92 Å². The normalized spacial score (nSPS) is 15.0. The van der Waals surface area contributed by atoms with Crippen molar-refractivity contribution in [1.29, 1.82) is 0 Å². The molecule has 2 amide bonds. The largest absolute Gasteiger partial charge is 0.495 e. The Kier molecular flexibility index (Phi) is 6.40. The predicted octanol–water partition coefficient (Wildman–Crippen LogP) is 1.77. The van der Waals surface area contributed by atoms with E-state index in [9.17, 15) is 9.59 Å². The van der Waals surface area contributed by atoms with Gasteiger partial charge in [0.1, 0.15) is 5.75 Å². The second-order valence-electron chi connectivity index (χ2n) is 5.77. The van der Waals surface area contributed by atoms with Gasteiger partial charge in [0, 0.05) is 19.0 Å². The molecule has 0 radical (unpaired) electrons. The van der Waals surface area contributed by atoms with Crippen molar-refractivity contribution in [2.24, 2.45) is 5.92 Å². The molecule has 1 fully saturated rings. The molecular weight excluding hydrogens is 294 g/mol. The molecule has 6 heteroatoms. The molecule has 0 spiro atoms. The maximum atomic E-state index is 12.2. The van der Waals surface area contributed by atoms with Gasteiger partial charge in [0.25, 0.3) is 5.91 Å². The molecule has 126 valence electrons. The number of carbonyl (C=O) groups is 2. The first-order valence-electron chi connectivity index (χ1n) is 8.04. The van der Waals surface area contributed by atoms with Crippen molar-refractivity contribution in [3.05, 3.63) is 23.8 Å². The van der Waals surface area contributed by atoms with Gasteiger partial charge in [-0.25, -0.2) is 0 Å². The maximum Gasteiger partial charge on any atom is 0.251 e. The van der Waals surface area contributed by atoms with E-state index in [1.165, 1.54) is 0 Å². The van der Waals surface area contributed by atoms with Gasteiger partial charge in [0.2, 0.25) is 5.91 Å². The van der Waals surface area contributed by atoms with E-state index in [0.29, 0.717) is 29.3 Å². The molecule has 0 aromatic heterocycles. The van der Waals surface area contributed by atoms with Crippen LogP contribution in [0.4, 0.5) is 5.69 Å². The Hall–Kier alpha value is -2.08. The molecule has 1 aliphatic heterocycles. The van der Waals surface area contributed by atoms with Crippen LogP contribution in [0.3, 0.4) is 0 Å². The van der Waals surface area contributed by atoms with Crippen molar-refractivity contribution in [1.82, 2.24) is 10.6 Å². The molecule has 1 aromatic carbocycles. The number of amides is 2. The highest BCUT2D eigenvalue weighted by Crippen LogP contribution is 2.26. The standard InChI is InChI=1S/C17H25N3O3/c1-18-17(22)13-4-5-15(23-2)14(11-13)20-16(21)6-3-12-7-9-19-10-8-12/h4-5,11-12,19H,3,6-10H2,1-2H3,(H,18,22)(H,20,21). The average molecular weight is 319 g/mol. The Morgan fingerprint density at radius 1 is 1.30 bits per heavy atom. The monoisotopic (exact) mass is 319 g/mol. The lowest BCUT2D eigenvalue weighted by Gasteiger charge is -2.22. The van der Waals surface area contributed by atoms with E-state index in [1.54, 1.807) is 32.4 Å². The molecule has 0 saturated carbocycles. The van der Waals surface area contributed by atoms with Gasteiger partial charge < -0.3 is 20.7 Å². The quantitative estimate of drug-likeness (QED) is 0.747. The summed E-state index contributed by atoms with van der Waals surface area (Å²) in [6.45, 7) is 2.07. The van der Waals surface area contributed by atoms with Crippen LogP contribution in [0.5, 0.6) is 5.75 Å². The van der Waals surface area contributed by atoms with Crippen LogP contribution in [0.2, 0.25) is 0 Å². The lowest BCUT2D eigenvalue weighted by molar-refractivity contribution is -0.116. The highest BCUT2D eigenvalue weighted by molar-refractivity contribution is 5.98. The summed E-state index contributed by atoms with van der Waals surface area (Å²) in [6.07, 6.45) is 3.63. The molecule has 1 aliphatic rings. The molecule has 1 saturated heterocycles. The number of nitrogens with one attached hydrogen (secondary N) is 3. The summed E-state index contributed by atoms with van der Waals surface area (Å²) in [6, 6.07) is 5.00. The fraction of sp³-hybridized carbons (Fsp3) is 0.529. The minimum Gasteiger partial charge on any atom is -0.495 e. The zero-order valence-electron chi connectivity index (χ0n) is 13.8. The van der Waals surface area contributed by atoms with Crippen molar-refractivity contribution in [2.45, 2.75) is 25.7 Å². The fourth-order valence-electron chi connectivity index (χ4n) is 2.81. The molecule has 3 N–H and O–H groups in total. The van der Waals surface area contributed by atoms with Gasteiger partial charge in [-0.05, 0) is 56.5 Å². The van der Waals surface area contributed by atoms with Crippen LogP contribution in [-0.2, 0) is 4.79 Å². The lowest BCUT2D eigenvalue weighted by Crippen LogP contribution is -2.28. The molecule has 1 aromatic rings. The van der Waals surface area contributed by atoms with Crippen molar-refractivity contribution < 1.29 is 14.3 Å². The molecule has 2 rings (SSSR count). The molecule has 0 unspecified atom stereocenters. The number of ether oxygens (including phenoxy) is 1. The van der Waals surface area contributed by atoms with Crippen LogP contribution >= 0.6 is 0 Å². The molecule has 1 heterocycles. The van der Waals surface area contributed by atoms with Crippen LogP contribution in [0.15, 0.2) is 18.2 Å². The van der Waals surface area contributed by atoms with E-state index >= 15 is 0 Å². The molecular formula is C17H25N3O3. The van der Waals surface area contributed by atoms with Crippen LogP contribution < -0.4 is 20.7 Å². The SMILES string of the molecule is CNC(=O)c1ccc(OC)c(NC(=O)CCC2CCNCC2)c1. The summed E-state index contributed by atoms with van der Waals surface area (Å²) in [4.78, 5) is 23.9. The van der Waals surface area contributed by atoms with Crippen LogP contribution in [0.25, 0.3) is 0 Å². The first-order valence-corrected chi connectivity index (χ1v) is 8.04. The molecule has 0 bridgehead atoms. The van der Waals surface area contributed by atoms with Gasteiger partial charge in [-0.2, -0.15) is 0 Å². The number of hydrogen-bond acceptors (Lipinski definition) is 4. The minimum absolute atomic E-state index is 0.0455. The zero-order chi connectivity index (χ0) is 16.7. The molecule has 6 nitrogen and oxygen atoms in total. The summed E-state index contributed by atoms with van der Waals surface area (Å²) in [5, 5.41) is 8.75. The van der Waals surface area contributed by atoms with Crippen LogP contribution in [-0.4, -0.2) is 39.1 Å². The number of piperidine rings is 1. The predicted molar refractivity (Wildman–Crippen MR) is 89.8 cm³/mol. The summed E-state index contributed by atoms with van der Waals surface area (Å²) < 4.78 is 5.25.